The third-order valence-corrected chi connectivity index (χ3v) is 4.34. The van der Waals surface area contributed by atoms with Crippen molar-refractivity contribution in [3.05, 3.63) is 0 Å². The first-order valence-electron chi connectivity index (χ1n) is 7.21. The van der Waals surface area contributed by atoms with Crippen molar-refractivity contribution < 1.29 is 14.7 Å². The highest BCUT2D eigenvalue weighted by Crippen LogP contribution is 2.29. The summed E-state index contributed by atoms with van der Waals surface area (Å²) in [5.74, 6) is 0.00110. The number of amides is 1. The number of aliphatic carboxylic acids is 1. The number of carboxylic acid groups (broad SMARTS) is 1. The maximum atomic E-state index is 12.0. The molecule has 1 N–H and O–H groups in total. The minimum Gasteiger partial charge on any atom is -0.480 e. The Labute approximate surface area is 108 Å². The first-order chi connectivity index (χ1) is 8.68. The van der Waals surface area contributed by atoms with Gasteiger partial charge in [0.25, 0.3) is 0 Å². The predicted octanol–water partition coefficient (Wildman–Crippen LogP) is 2.42. The smallest absolute Gasteiger partial charge is 0.326 e. The molecular weight excluding hydrogens is 230 g/mol. The Bertz CT molecular complexity index is 310. The van der Waals surface area contributed by atoms with Crippen LogP contribution in [0.1, 0.15) is 57.8 Å². The van der Waals surface area contributed by atoms with Crippen molar-refractivity contribution in [1.29, 1.82) is 0 Å². The van der Waals surface area contributed by atoms with Gasteiger partial charge in [-0.1, -0.05) is 25.7 Å². The van der Waals surface area contributed by atoms with Crippen LogP contribution in [0.15, 0.2) is 0 Å². The fraction of sp³-hybridized carbons (Fsp3) is 0.857. The summed E-state index contributed by atoms with van der Waals surface area (Å²) in [7, 11) is 0. The van der Waals surface area contributed by atoms with Gasteiger partial charge in [-0.15, -0.1) is 0 Å². The van der Waals surface area contributed by atoms with E-state index in [2.05, 4.69) is 0 Å². The highest BCUT2D eigenvalue weighted by molar-refractivity contribution is 5.84. The van der Waals surface area contributed by atoms with Gasteiger partial charge in [0, 0.05) is 13.0 Å². The molecule has 0 radical (unpaired) electrons. The topological polar surface area (TPSA) is 57.6 Å². The lowest BCUT2D eigenvalue weighted by molar-refractivity contribution is -0.148. The number of nitrogens with zero attached hydrogens (tertiary/aromatic N) is 1. The summed E-state index contributed by atoms with van der Waals surface area (Å²) in [6, 6.07) is -0.566. The number of carbonyl (C=O) groups is 2. The summed E-state index contributed by atoms with van der Waals surface area (Å²) in [5, 5.41) is 9.04. The van der Waals surface area contributed by atoms with Gasteiger partial charge in [-0.3, -0.25) is 4.79 Å². The zero-order valence-corrected chi connectivity index (χ0v) is 10.9. The molecule has 2 fully saturated rings. The first kappa shape index (κ1) is 13.4. The van der Waals surface area contributed by atoms with Crippen LogP contribution >= 0.6 is 0 Å². The molecule has 2 aliphatic rings. The molecule has 1 aliphatic carbocycles. The average molecular weight is 253 g/mol. The zero-order valence-electron chi connectivity index (χ0n) is 10.9. The molecule has 18 heavy (non-hydrogen) atoms. The van der Waals surface area contributed by atoms with Crippen LogP contribution in [0.3, 0.4) is 0 Å². The maximum Gasteiger partial charge on any atom is 0.326 e. The van der Waals surface area contributed by atoms with E-state index >= 15 is 0 Å². The third-order valence-electron chi connectivity index (χ3n) is 4.34. The summed E-state index contributed by atoms with van der Waals surface area (Å²) in [6.45, 7) is 0.624. The van der Waals surface area contributed by atoms with E-state index in [9.17, 15) is 9.59 Å². The fourth-order valence-electron chi connectivity index (χ4n) is 3.31. The summed E-state index contributed by atoms with van der Waals surface area (Å²) in [5.41, 5.74) is 0. The van der Waals surface area contributed by atoms with E-state index in [4.69, 9.17) is 5.11 Å². The van der Waals surface area contributed by atoms with Gasteiger partial charge in [-0.2, -0.15) is 0 Å². The molecule has 4 heteroatoms. The second-order valence-electron chi connectivity index (χ2n) is 5.63. The van der Waals surface area contributed by atoms with Crippen LogP contribution in [0, 0.1) is 5.92 Å². The molecule has 2 rings (SSSR count). The summed E-state index contributed by atoms with van der Waals surface area (Å²) >= 11 is 0. The molecule has 1 aliphatic heterocycles. The van der Waals surface area contributed by atoms with Gasteiger partial charge >= 0.3 is 5.97 Å². The van der Waals surface area contributed by atoms with E-state index in [-0.39, 0.29) is 5.91 Å². The van der Waals surface area contributed by atoms with Crippen LogP contribution < -0.4 is 0 Å². The summed E-state index contributed by atoms with van der Waals surface area (Å²) in [6.07, 6.45) is 9.34. The molecule has 1 saturated carbocycles. The van der Waals surface area contributed by atoms with Gasteiger partial charge in [0.15, 0.2) is 0 Å². The van der Waals surface area contributed by atoms with Gasteiger partial charge in [0.05, 0.1) is 0 Å². The van der Waals surface area contributed by atoms with Crippen molar-refractivity contribution in [3.8, 4) is 0 Å². The van der Waals surface area contributed by atoms with Crippen LogP contribution in [0.2, 0.25) is 0 Å². The lowest BCUT2D eigenvalue weighted by Gasteiger charge is -2.21. The molecule has 1 heterocycles. The Kier molecular flexibility index (Phi) is 4.61. The van der Waals surface area contributed by atoms with Crippen LogP contribution in [0.4, 0.5) is 0 Å². The minimum absolute atomic E-state index is 0.0397. The Morgan fingerprint density at radius 1 is 1.11 bits per heavy atom. The van der Waals surface area contributed by atoms with Crippen LogP contribution in [0.25, 0.3) is 0 Å². The van der Waals surface area contributed by atoms with Gasteiger partial charge in [0.1, 0.15) is 6.04 Å². The summed E-state index contributed by atoms with van der Waals surface area (Å²) in [4.78, 5) is 24.6. The molecule has 0 bridgehead atoms. The third kappa shape index (κ3) is 3.24. The lowest BCUT2D eigenvalue weighted by Crippen LogP contribution is -2.40. The molecule has 1 atom stereocenters. The SMILES string of the molecule is O=C(O)C1CCCN1C(=O)CCCC1CCCC1. The monoisotopic (exact) mass is 253 g/mol. The van der Waals surface area contributed by atoms with Crippen LogP contribution in [-0.2, 0) is 9.59 Å². The molecule has 0 aromatic heterocycles. The Morgan fingerprint density at radius 2 is 1.83 bits per heavy atom. The number of hydrogen-bond donors (Lipinski definition) is 1. The highest BCUT2D eigenvalue weighted by atomic mass is 16.4. The number of carboxylic acids is 1. The van der Waals surface area contributed by atoms with Crippen molar-refractivity contribution in [1.82, 2.24) is 4.90 Å². The van der Waals surface area contributed by atoms with Crippen molar-refractivity contribution in [3.63, 3.8) is 0 Å². The molecular formula is C14H23NO3. The number of carbonyl (C=O) groups excluding carboxylic acids is 1. The molecule has 0 aromatic carbocycles. The van der Waals surface area contributed by atoms with E-state index in [1.54, 1.807) is 4.90 Å². The fourth-order valence-corrected chi connectivity index (χ4v) is 3.31. The van der Waals surface area contributed by atoms with E-state index < -0.39 is 12.0 Å². The van der Waals surface area contributed by atoms with E-state index in [0.29, 0.717) is 19.4 Å². The van der Waals surface area contributed by atoms with Crippen molar-refractivity contribution in [2.75, 3.05) is 6.54 Å². The molecule has 4 nitrogen and oxygen atoms in total. The van der Waals surface area contributed by atoms with Gasteiger partial charge < -0.3 is 10.0 Å². The number of rotatable bonds is 5. The molecule has 1 saturated heterocycles. The Hall–Kier alpha value is -1.06. The van der Waals surface area contributed by atoms with Gasteiger partial charge in [0.2, 0.25) is 5.91 Å². The predicted molar refractivity (Wildman–Crippen MR) is 68.2 cm³/mol. The average Bonchev–Trinajstić information content (AvgIpc) is 2.99. The highest BCUT2D eigenvalue weighted by Gasteiger charge is 2.33. The van der Waals surface area contributed by atoms with E-state index in [0.717, 1.165) is 25.2 Å². The van der Waals surface area contributed by atoms with Crippen molar-refractivity contribution in [2.24, 2.45) is 5.92 Å². The Morgan fingerprint density at radius 3 is 2.50 bits per heavy atom. The van der Waals surface area contributed by atoms with E-state index in [1.807, 2.05) is 0 Å². The summed E-state index contributed by atoms with van der Waals surface area (Å²) < 4.78 is 0. The molecule has 0 aromatic rings. The van der Waals surface area contributed by atoms with Crippen LogP contribution in [-0.4, -0.2) is 34.5 Å². The number of hydrogen-bond acceptors (Lipinski definition) is 2. The minimum atomic E-state index is -0.850. The maximum absolute atomic E-state index is 12.0. The van der Waals surface area contributed by atoms with Crippen LogP contribution in [0.5, 0.6) is 0 Å². The molecule has 1 unspecified atom stereocenters. The molecule has 0 spiro atoms. The van der Waals surface area contributed by atoms with Crippen molar-refractivity contribution >= 4 is 11.9 Å². The lowest BCUT2D eigenvalue weighted by atomic mass is 10.0. The largest absolute Gasteiger partial charge is 0.480 e. The quantitative estimate of drug-likeness (QED) is 0.818. The second-order valence-corrected chi connectivity index (χ2v) is 5.63. The first-order valence-corrected chi connectivity index (χ1v) is 7.21. The zero-order chi connectivity index (χ0) is 13.0. The van der Waals surface area contributed by atoms with Crippen molar-refractivity contribution in [2.45, 2.75) is 63.8 Å². The molecule has 1 amide bonds. The van der Waals surface area contributed by atoms with Gasteiger partial charge in [-0.05, 0) is 31.6 Å². The number of likely N-dealkylation sites (tertiary alicyclic amines) is 1. The molecule has 102 valence electrons. The second kappa shape index (κ2) is 6.21. The van der Waals surface area contributed by atoms with E-state index in [1.165, 1.54) is 25.7 Å². The Balaban J connectivity index is 1.71. The standard InChI is InChI=1S/C14H23NO3/c16-13(9-3-7-11-5-1-2-6-11)15-10-4-8-12(15)14(17)18/h11-12H,1-10H2,(H,17,18). The van der Waals surface area contributed by atoms with Gasteiger partial charge in [-0.25, -0.2) is 4.79 Å². The normalized spacial score (nSPS) is 24.7.